The second-order valence-electron chi connectivity index (χ2n) is 8.18. The molecule has 0 spiro atoms. The Morgan fingerprint density at radius 2 is 1.86 bits per heavy atom. The van der Waals surface area contributed by atoms with E-state index < -0.39 is 17.6 Å². The molecule has 2 heterocycles. The normalized spacial score (nSPS) is 15.3. The Bertz CT molecular complexity index is 1420. The quantitative estimate of drug-likeness (QED) is 0.389. The average molecular weight is 479 g/mol. The Kier molecular flexibility index (Phi) is 5.76. The van der Waals surface area contributed by atoms with E-state index in [4.69, 9.17) is 9.47 Å². The summed E-state index contributed by atoms with van der Waals surface area (Å²) in [6.07, 6.45) is -3.98. The van der Waals surface area contributed by atoms with Gasteiger partial charge in [0.25, 0.3) is 11.8 Å². The number of hydrogen-bond acceptors (Lipinski definition) is 5. The van der Waals surface area contributed by atoms with E-state index in [0.29, 0.717) is 23.9 Å². The third-order valence-electron chi connectivity index (χ3n) is 5.81. The average Bonchev–Trinajstić information content (AvgIpc) is 2.84. The van der Waals surface area contributed by atoms with Gasteiger partial charge in [0, 0.05) is 17.4 Å². The highest BCUT2D eigenvalue weighted by molar-refractivity contribution is 6.08. The molecule has 1 atom stereocenters. The van der Waals surface area contributed by atoms with Gasteiger partial charge in [-0.2, -0.15) is 13.2 Å². The Balaban J connectivity index is 1.53. The standard InChI is InChI=1S/C26H20F3N3O3/c1-15-6-4-10-19-20(12-13-34-23(15)19)30-24(33)22-18-9-2-3-11-21(18)31-32-25(22)35-17-8-5-7-16(14-17)26(27,28)29/h2-11,14,20H,12-13H2,1H3,(H,30,33)/t20-/m0/s1. The van der Waals surface area contributed by atoms with Gasteiger partial charge in [0.05, 0.1) is 23.7 Å². The van der Waals surface area contributed by atoms with Crippen LogP contribution < -0.4 is 14.8 Å². The number of carbonyl (C=O) groups excluding carboxylic acids is 1. The van der Waals surface area contributed by atoms with Crippen LogP contribution in [0.5, 0.6) is 17.4 Å². The minimum absolute atomic E-state index is 0.0914. The number of aromatic nitrogens is 2. The molecule has 6 nitrogen and oxygen atoms in total. The summed E-state index contributed by atoms with van der Waals surface area (Å²) in [6.45, 7) is 2.37. The number of ether oxygens (including phenoxy) is 2. The minimum atomic E-state index is -4.54. The molecule has 0 aliphatic carbocycles. The molecule has 178 valence electrons. The van der Waals surface area contributed by atoms with Crippen molar-refractivity contribution in [2.24, 2.45) is 0 Å². The van der Waals surface area contributed by atoms with E-state index in [2.05, 4.69) is 15.5 Å². The molecule has 0 bridgehead atoms. The van der Waals surface area contributed by atoms with Crippen molar-refractivity contribution in [1.82, 2.24) is 15.5 Å². The largest absolute Gasteiger partial charge is 0.493 e. The lowest BCUT2D eigenvalue weighted by atomic mass is 9.97. The van der Waals surface area contributed by atoms with E-state index in [0.717, 1.165) is 29.0 Å². The van der Waals surface area contributed by atoms with Crippen molar-refractivity contribution >= 4 is 16.8 Å². The summed E-state index contributed by atoms with van der Waals surface area (Å²) in [5.41, 5.74) is 1.50. The monoisotopic (exact) mass is 479 g/mol. The first-order chi connectivity index (χ1) is 16.8. The second-order valence-corrected chi connectivity index (χ2v) is 8.18. The number of amides is 1. The predicted octanol–water partition coefficient (Wildman–Crippen LogP) is 6.00. The number of aryl methyl sites for hydroxylation is 1. The van der Waals surface area contributed by atoms with Crippen molar-refractivity contribution in [1.29, 1.82) is 0 Å². The molecule has 1 N–H and O–H groups in total. The van der Waals surface area contributed by atoms with Crippen molar-refractivity contribution in [2.75, 3.05) is 6.61 Å². The van der Waals surface area contributed by atoms with Crippen LogP contribution >= 0.6 is 0 Å². The highest BCUT2D eigenvalue weighted by atomic mass is 19.4. The predicted molar refractivity (Wildman–Crippen MR) is 123 cm³/mol. The lowest BCUT2D eigenvalue weighted by molar-refractivity contribution is -0.137. The maximum atomic E-state index is 13.6. The zero-order valence-corrected chi connectivity index (χ0v) is 18.6. The maximum absolute atomic E-state index is 13.6. The van der Waals surface area contributed by atoms with Gasteiger partial charge in [-0.15, -0.1) is 10.2 Å². The van der Waals surface area contributed by atoms with Gasteiger partial charge in [-0.05, 0) is 36.8 Å². The van der Waals surface area contributed by atoms with Crippen LogP contribution in [0.1, 0.15) is 39.5 Å². The van der Waals surface area contributed by atoms with Gasteiger partial charge < -0.3 is 14.8 Å². The molecule has 0 radical (unpaired) electrons. The van der Waals surface area contributed by atoms with Crippen molar-refractivity contribution < 1.29 is 27.4 Å². The summed E-state index contributed by atoms with van der Waals surface area (Å²) in [6, 6.07) is 16.7. The van der Waals surface area contributed by atoms with Gasteiger partial charge in [0.2, 0.25) is 0 Å². The molecule has 0 saturated heterocycles. The van der Waals surface area contributed by atoms with Crippen molar-refractivity contribution in [3.8, 4) is 17.4 Å². The first kappa shape index (κ1) is 22.6. The van der Waals surface area contributed by atoms with Gasteiger partial charge >= 0.3 is 6.18 Å². The molecule has 1 aliphatic rings. The molecular weight excluding hydrogens is 459 g/mol. The van der Waals surface area contributed by atoms with Crippen LogP contribution in [0.25, 0.3) is 10.9 Å². The Morgan fingerprint density at radius 3 is 2.69 bits per heavy atom. The number of hydrogen-bond donors (Lipinski definition) is 1. The number of carbonyl (C=O) groups is 1. The molecule has 9 heteroatoms. The molecular formula is C26H20F3N3O3. The lowest BCUT2D eigenvalue weighted by Gasteiger charge is -2.28. The zero-order valence-electron chi connectivity index (χ0n) is 18.6. The molecule has 1 aromatic heterocycles. The smallest absolute Gasteiger partial charge is 0.416 e. The summed E-state index contributed by atoms with van der Waals surface area (Å²) in [4.78, 5) is 13.6. The van der Waals surface area contributed by atoms with Crippen LogP contribution in [0.2, 0.25) is 0 Å². The lowest BCUT2D eigenvalue weighted by Crippen LogP contribution is -2.33. The molecule has 0 unspecified atom stereocenters. The van der Waals surface area contributed by atoms with Crippen LogP contribution in [0.15, 0.2) is 66.7 Å². The number of nitrogens with zero attached hydrogens (tertiary/aromatic N) is 2. The van der Waals surface area contributed by atoms with Crippen LogP contribution in [-0.2, 0) is 6.18 Å². The minimum Gasteiger partial charge on any atom is -0.493 e. The summed E-state index contributed by atoms with van der Waals surface area (Å²) in [7, 11) is 0. The highest BCUT2D eigenvalue weighted by Gasteiger charge is 2.31. The number of rotatable bonds is 4. The van der Waals surface area contributed by atoms with Gasteiger partial charge in [0.1, 0.15) is 17.1 Å². The summed E-state index contributed by atoms with van der Waals surface area (Å²) in [5.74, 6) is -0.0258. The van der Waals surface area contributed by atoms with Gasteiger partial charge in [-0.3, -0.25) is 4.79 Å². The Hall–Kier alpha value is -4.14. The zero-order chi connectivity index (χ0) is 24.6. The van der Waals surface area contributed by atoms with Crippen LogP contribution in [-0.4, -0.2) is 22.7 Å². The van der Waals surface area contributed by atoms with Crippen LogP contribution in [0, 0.1) is 6.92 Å². The molecule has 4 aromatic rings. The van der Waals surface area contributed by atoms with Crippen molar-refractivity contribution in [2.45, 2.75) is 25.6 Å². The fourth-order valence-electron chi connectivity index (χ4n) is 4.14. The topological polar surface area (TPSA) is 73.3 Å². The van der Waals surface area contributed by atoms with E-state index in [9.17, 15) is 18.0 Å². The third kappa shape index (κ3) is 4.49. The number of alkyl halides is 3. The molecule has 1 aliphatic heterocycles. The molecule has 3 aromatic carbocycles. The van der Waals surface area contributed by atoms with Gasteiger partial charge in [-0.25, -0.2) is 0 Å². The Morgan fingerprint density at radius 1 is 1.06 bits per heavy atom. The van der Waals surface area contributed by atoms with E-state index >= 15 is 0 Å². The fraction of sp³-hybridized carbons (Fsp3) is 0.192. The molecule has 0 fully saturated rings. The SMILES string of the molecule is Cc1cccc2c1OCC[C@@H]2NC(=O)c1c(Oc2cccc(C(F)(F)F)c2)nnc2ccccc12. The first-order valence-corrected chi connectivity index (χ1v) is 10.9. The highest BCUT2D eigenvalue weighted by Crippen LogP contribution is 2.36. The number of halogens is 3. The van der Waals surface area contributed by atoms with Crippen molar-refractivity contribution in [3.05, 3.63) is 89.0 Å². The second kappa shape index (κ2) is 8.90. The number of benzene rings is 3. The molecule has 1 amide bonds. The van der Waals surface area contributed by atoms with Crippen LogP contribution in [0.4, 0.5) is 13.2 Å². The van der Waals surface area contributed by atoms with E-state index in [1.54, 1.807) is 24.3 Å². The van der Waals surface area contributed by atoms with Gasteiger partial charge in [0.15, 0.2) is 0 Å². The number of fused-ring (bicyclic) bond motifs is 2. The van der Waals surface area contributed by atoms with Crippen molar-refractivity contribution in [3.63, 3.8) is 0 Å². The van der Waals surface area contributed by atoms with E-state index in [1.807, 2.05) is 25.1 Å². The van der Waals surface area contributed by atoms with Gasteiger partial charge in [-0.1, -0.05) is 42.5 Å². The number of para-hydroxylation sites is 1. The fourth-order valence-corrected chi connectivity index (χ4v) is 4.14. The molecule has 5 rings (SSSR count). The third-order valence-corrected chi connectivity index (χ3v) is 5.81. The van der Waals surface area contributed by atoms with E-state index in [-0.39, 0.29) is 23.2 Å². The van der Waals surface area contributed by atoms with Crippen LogP contribution in [0.3, 0.4) is 0 Å². The molecule has 0 saturated carbocycles. The maximum Gasteiger partial charge on any atom is 0.416 e. The Labute approximate surface area is 198 Å². The first-order valence-electron chi connectivity index (χ1n) is 10.9. The summed E-state index contributed by atoms with van der Waals surface area (Å²) in [5, 5.41) is 11.6. The molecule has 35 heavy (non-hydrogen) atoms. The number of nitrogens with one attached hydrogen (secondary N) is 1. The van der Waals surface area contributed by atoms with E-state index in [1.165, 1.54) is 12.1 Å². The summed E-state index contributed by atoms with van der Waals surface area (Å²) < 4.78 is 51.0. The summed E-state index contributed by atoms with van der Waals surface area (Å²) >= 11 is 0.